The molecule has 1 aromatic rings. The maximum absolute atomic E-state index is 10.3. The van der Waals surface area contributed by atoms with E-state index in [9.17, 15) is 10.2 Å². The lowest BCUT2D eigenvalue weighted by Gasteiger charge is -2.48. The van der Waals surface area contributed by atoms with Gasteiger partial charge in [0.15, 0.2) is 5.79 Å². The minimum absolute atomic E-state index is 0.0536. The molecule has 2 saturated heterocycles. The molecule has 6 nitrogen and oxygen atoms in total. The summed E-state index contributed by atoms with van der Waals surface area (Å²) >= 11 is 0. The van der Waals surface area contributed by atoms with E-state index in [-0.39, 0.29) is 24.9 Å². The van der Waals surface area contributed by atoms with Crippen molar-refractivity contribution in [1.29, 1.82) is 0 Å². The number of benzene rings is 1. The summed E-state index contributed by atoms with van der Waals surface area (Å²) in [4.78, 5) is 0. The summed E-state index contributed by atoms with van der Waals surface area (Å²) in [5, 5.41) is 19.8. The summed E-state index contributed by atoms with van der Waals surface area (Å²) in [6.45, 7) is 0.805. The molecular weight excluding hydrogens is 324 g/mol. The fraction of sp³-hybridized carbons (Fsp3) is 0.684. The molecule has 2 aliphatic rings. The Hall–Kier alpha value is -1.02. The van der Waals surface area contributed by atoms with Gasteiger partial charge in [0.25, 0.3) is 0 Å². The second-order valence-corrected chi connectivity index (χ2v) is 6.96. The Kier molecular flexibility index (Phi) is 6.44. The van der Waals surface area contributed by atoms with E-state index in [0.29, 0.717) is 38.9 Å². The summed E-state index contributed by atoms with van der Waals surface area (Å²) in [7, 11) is 1.65. The van der Waals surface area contributed by atoms with Crippen molar-refractivity contribution < 1.29 is 29.2 Å². The van der Waals surface area contributed by atoms with E-state index >= 15 is 0 Å². The van der Waals surface area contributed by atoms with Gasteiger partial charge in [0.05, 0.1) is 44.2 Å². The minimum atomic E-state index is -0.912. The standard InChI is InChI=1S/C19H28O6/c1-22-16-8-17(11-20)24-19(10-16)9-15(21)7-18(25-19)13-23-12-14-5-3-2-4-6-14/h2-6,15-18,20-21H,7-13H2,1H3/t15-,16-,17-,18+,19-/m0/s1. The van der Waals surface area contributed by atoms with Crippen molar-refractivity contribution in [3.63, 3.8) is 0 Å². The van der Waals surface area contributed by atoms with Gasteiger partial charge in [0, 0.05) is 32.8 Å². The molecule has 0 radical (unpaired) electrons. The monoisotopic (exact) mass is 352 g/mol. The fourth-order valence-electron chi connectivity index (χ4n) is 3.75. The molecule has 2 N–H and O–H groups in total. The molecule has 0 unspecified atom stereocenters. The number of rotatable bonds is 6. The molecule has 3 rings (SSSR count). The van der Waals surface area contributed by atoms with Crippen LogP contribution >= 0.6 is 0 Å². The first-order valence-corrected chi connectivity index (χ1v) is 8.91. The van der Waals surface area contributed by atoms with Crippen LogP contribution < -0.4 is 0 Å². The van der Waals surface area contributed by atoms with Crippen molar-refractivity contribution in [1.82, 2.24) is 0 Å². The highest BCUT2D eigenvalue weighted by molar-refractivity contribution is 5.13. The van der Waals surface area contributed by atoms with Crippen LogP contribution in [-0.2, 0) is 25.6 Å². The summed E-state index contributed by atoms with van der Waals surface area (Å²) in [6, 6.07) is 9.95. The normalized spacial score (nSPS) is 35.8. The second-order valence-electron chi connectivity index (χ2n) is 6.96. The zero-order chi connectivity index (χ0) is 17.7. The summed E-state index contributed by atoms with van der Waals surface area (Å²) in [6.07, 6.45) is 0.920. The first kappa shape index (κ1) is 18.8. The lowest BCUT2D eigenvalue weighted by molar-refractivity contribution is -0.346. The average Bonchev–Trinajstić information content (AvgIpc) is 2.61. The molecule has 25 heavy (non-hydrogen) atoms. The topological polar surface area (TPSA) is 77.4 Å². The van der Waals surface area contributed by atoms with Crippen molar-refractivity contribution in [2.45, 2.75) is 62.5 Å². The predicted octanol–water partition coefficient (Wildman–Crippen LogP) is 1.63. The van der Waals surface area contributed by atoms with E-state index in [2.05, 4.69) is 0 Å². The molecule has 1 aromatic carbocycles. The number of ether oxygens (including phenoxy) is 4. The molecule has 2 aliphatic heterocycles. The lowest BCUT2D eigenvalue weighted by Crippen LogP contribution is -2.56. The third-order valence-corrected chi connectivity index (χ3v) is 4.86. The molecule has 5 atom stereocenters. The third kappa shape index (κ3) is 5.00. The molecule has 1 spiro atoms. The highest BCUT2D eigenvalue weighted by atomic mass is 16.7. The summed E-state index contributed by atoms with van der Waals surface area (Å²) in [5.74, 6) is -0.912. The zero-order valence-corrected chi connectivity index (χ0v) is 14.7. The molecule has 0 aliphatic carbocycles. The highest BCUT2D eigenvalue weighted by Gasteiger charge is 2.48. The Balaban J connectivity index is 1.58. The number of aliphatic hydroxyl groups excluding tert-OH is 2. The highest BCUT2D eigenvalue weighted by Crippen LogP contribution is 2.40. The molecule has 140 valence electrons. The van der Waals surface area contributed by atoms with Gasteiger partial charge in [0.1, 0.15) is 0 Å². The van der Waals surface area contributed by atoms with Crippen molar-refractivity contribution in [2.24, 2.45) is 0 Å². The van der Waals surface area contributed by atoms with E-state index in [1.165, 1.54) is 0 Å². The number of hydrogen-bond donors (Lipinski definition) is 2. The molecule has 2 heterocycles. The largest absolute Gasteiger partial charge is 0.394 e. The van der Waals surface area contributed by atoms with Crippen LogP contribution in [0.1, 0.15) is 31.2 Å². The van der Waals surface area contributed by atoms with Gasteiger partial charge in [-0.25, -0.2) is 0 Å². The fourth-order valence-corrected chi connectivity index (χ4v) is 3.75. The van der Waals surface area contributed by atoms with Crippen molar-refractivity contribution >= 4 is 0 Å². The first-order valence-electron chi connectivity index (χ1n) is 8.91. The van der Waals surface area contributed by atoms with E-state index in [1.54, 1.807) is 7.11 Å². The van der Waals surface area contributed by atoms with Gasteiger partial charge in [-0.05, 0) is 5.56 Å². The van der Waals surface area contributed by atoms with Crippen LogP contribution in [-0.4, -0.2) is 60.7 Å². The van der Waals surface area contributed by atoms with E-state index in [0.717, 1.165) is 5.56 Å². The van der Waals surface area contributed by atoms with Gasteiger partial charge < -0.3 is 29.2 Å². The van der Waals surface area contributed by atoms with Crippen LogP contribution in [0.5, 0.6) is 0 Å². The average molecular weight is 352 g/mol. The van der Waals surface area contributed by atoms with E-state index in [4.69, 9.17) is 18.9 Å². The number of methoxy groups -OCH3 is 1. The van der Waals surface area contributed by atoms with Crippen LogP contribution in [0.15, 0.2) is 30.3 Å². The molecule has 0 aromatic heterocycles. The molecule has 2 fully saturated rings. The molecule has 0 amide bonds. The summed E-state index contributed by atoms with van der Waals surface area (Å²) in [5.41, 5.74) is 1.10. The predicted molar refractivity (Wildman–Crippen MR) is 90.9 cm³/mol. The molecular formula is C19H28O6. The van der Waals surface area contributed by atoms with Gasteiger partial charge in [-0.15, -0.1) is 0 Å². The molecule has 6 heteroatoms. The Labute approximate surface area is 148 Å². The van der Waals surface area contributed by atoms with E-state index < -0.39 is 11.9 Å². The maximum Gasteiger partial charge on any atom is 0.174 e. The zero-order valence-electron chi connectivity index (χ0n) is 14.7. The number of aliphatic hydroxyl groups is 2. The Morgan fingerprint density at radius 3 is 2.60 bits per heavy atom. The Morgan fingerprint density at radius 2 is 1.88 bits per heavy atom. The first-order chi connectivity index (χ1) is 12.1. The molecule has 0 saturated carbocycles. The van der Waals surface area contributed by atoms with Crippen LogP contribution in [0.2, 0.25) is 0 Å². The molecule has 0 bridgehead atoms. The van der Waals surface area contributed by atoms with Crippen molar-refractivity contribution in [3.8, 4) is 0 Å². The Bertz CT molecular complexity index is 510. The maximum atomic E-state index is 10.3. The van der Waals surface area contributed by atoms with Crippen LogP contribution in [0.3, 0.4) is 0 Å². The SMILES string of the molecule is CO[C@H]1C[C@@H](CO)O[C@]2(C[C@@H](O)C[C@H](COCc3ccccc3)O2)C1. The lowest BCUT2D eigenvalue weighted by atomic mass is 9.89. The number of hydrogen-bond acceptors (Lipinski definition) is 6. The van der Waals surface area contributed by atoms with Crippen molar-refractivity contribution in [3.05, 3.63) is 35.9 Å². The second kappa shape index (κ2) is 8.58. The van der Waals surface area contributed by atoms with Crippen LogP contribution in [0.4, 0.5) is 0 Å². The van der Waals surface area contributed by atoms with Crippen LogP contribution in [0, 0.1) is 0 Å². The van der Waals surface area contributed by atoms with Crippen molar-refractivity contribution in [2.75, 3.05) is 20.3 Å². The van der Waals surface area contributed by atoms with Gasteiger partial charge in [-0.2, -0.15) is 0 Å². The van der Waals surface area contributed by atoms with Gasteiger partial charge >= 0.3 is 0 Å². The quantitative estimate of drug-likeness (QED) is 0.810. The summed E-state index contributed by atoms with van der Waals surface area (Å²) < 4.78 is 23.4. The van der Waals surface area contributed by atoms with Crippen LogP contribution in [0.25, 0.3) is 0 Å². The van der Waals surface area contributed by atoms with Gasteiger partial charge in [0.2, 0.25) is 0 Å². The Morgan fingerprint density at radius 1 is 1.12 bits per heavy atom. The van der Waals surface area contributed by atoms with Gasteiger partial charge in [-0.1, -0.05) is 30.3 Å². The third-order valence-electron chi connectivity index (χ3n) is 4.86. The smallest absolute Gasteiger partial charge is 0.174 e. The van der Waals surface area contributed by atoms with E-state index in [1.807, 2.05) is 30.3 Å². The minimum Gasteiger partial charge on any atom is -0.394 e. The van der Waals surface area contributed by atoms with Gasteiger partial charge in [-0.3, -0.25) is 0 Å².